The Kier molecular flexibility index (Phi) is 4.07. The molecule has 17 heavy (non-hydrogen) atoms. The Morgan fingerprint density at radius 3 is 2.71 bits per heavy atom. The molecular formula is C12H16FNO3. The lowest BCUT2D eigenvalue weighted by Crippen LogP contribution is -2.39. The molecule has 4 nitrogen and oxygen atoms in total. The van der Waals surface area contributed by atoms with Gasteiger partial charge in [0.2, 0.25) is 0 Å². The van der Waals surface area contributed by atoms with Crippen LogP contribution in [0.15, 0.2) is 18.2 Å². The highest BCUT2D eigenvalue weighted by atomic mass is 19.1. The van der Waals surface area contributed by atoms with Gasteiger partial charge < -0.3 is 15.5 Å². The topological polar surface area (TPSA) is 69.6 Å². The van der Waals surface area contributed by atoms with E-state index in [1.54, 1.807) is 0 Å². The van der Waals surface area contributed by atoms with E-state index >= 15 is 0 Å². The number of rotatable bonds is 4. The maximum absolute atomic E-state index is 13.3. The second-order valence-electron chi connectivity index (χ2n) is 4.14. The highest BCUT2D eigenvalue weighted by molar-refractivity contribution is 5.96. The Labute approximate surface area is 99.1 Å². The van der Waals surface area contributed by atoms with Gasteiger partial charge in [-0.2, -0.15) is 0 Å². The molecule has 1 atom stereocenters. The molecular weight excluding hydrogens is 225 g/mol. The third-order valence-electron chi connectivity index (χ3n) is 2.43. The fourth-order valence-electron chi connectivity index (χ4n) is 1.46. The predicted octanol–water partition coefficient (Wildman–Crippen LogP) is 2.02. The van der Waals surface area contributed by atoms with Crippen LogP contribution in [-0.2, 0) is 4.79 Å². The van der Waals surface area contributed by atoms with Crippen molar-refractivity contribution in [3.05, 3.63) is 24.0 Å². The molecule has 0 heterocycles. The second kappa shape index (κ2) is 5.14. The van der Waals surface area contributed by atoms with Gasteiger partial charge in [0.15, 0.2) is 0 Å². The van der Waals surface area contributed by atoms with Gasteiger partial charge in [-0.25, -0.2) is 4.39 Å². The van der Waals surface area contributed by atoms with Crippen LogP contribution in [-0.4, -0.2) is 21.7 Å². The first-order valence-electron chi connectivity index (χ1n) is 5.39. The van der Waals surface area contributed by atoms with E-state index in [1.807, 2.05) is 6.92 Å². The Balaban J connectivity index is 2.81. The molecule has 0 saturated heterocycles. The predicted molar refractivity (Wildman–Crippen MR) is 62.2 cm³/mol. The molecule has 0 aliphatic carbocycles. The van der Waals surface area contributed by atoms with Crippen LogP contribution in [0, 0.1) is 5.82 Å². The summed E-state index contributed by atoms with van der Waals surface area (Å²) in [5.74, 6) is -1.63. The molecule has 3 N–H and O–H groups in total. The quantitative estimate of drug-likeness (QED) is 0.706. The number of halogens is 1. The van der Waals surface area contributed by atoms with E-state index in [0.717, 1.165) is 6.07 Å². The molecule has 1 rings (SSSR count). The highest BCUT2D eigenvalue weighted by Gasteiger charge is 2.29. The number of hydrogen-bond donors (Lipinski definition) is 3. The van der Waals surface area contributed by atoms with Crippen LogP contribution >= 0.6 is 0 Å². The summed E-state index contributed by atoms with van der Waals surface area (Å²) in [6.45, 7) is 3.22. The largest absolute Gasteiger partial charge is 0.508 e. The van der Waals surface area contributed by atoms with Crippen LogP contribution in [0.3, 0.4) is 0 Å². The monoisotopic (exact) mass is 241 g/mol. The van der Waals surface area contributed by atoms with Gasteiger partial charge in [0, 0.05) is 6.07 Å². The summed E-state index contributed by atoms with van der Waals surface area (Å²) in [5, 5.41) is 21.1. The van der Waals surface area contributed by atoms with Gasteiger partial charge in [-0.05, 0) is 25.5 Å². The maximum Gasteiger partial charge on any atom is 0.256 e. The minimum Gasteiger partial charge on any atom is -0.508 e. The summed E-state index contributed by atoms with van der Waals surface area (Å²) in [4.78, 5) is 11.7. The number of phenols is 1. The van der Waals surface area contributed by atoms with Crippen molar-refractivity contribution in [2.24, 2.45) is 0 Å². The summed E-state index contributed by atoms with van der Waals surface area (Å²) >= 11 is 0. The number of anilines is 1. The van der Waals surface area contributed by atoms with E-state index in [0.29, 0.717) is 12.8 Å². The van der Waals surface area contributed by atoms with Crippen LogP contribution in [0.1, 0.15) is 26.7 Å². The molecule has 94 valence electrons. The number of amides is 1. The van der Waals surface area contributed by atoms with Gasteiger partial charge in [-0.1, -0.05) is 13.3 Å². The van der Waals surface area contributed by atoms with E-state index in [-0.39, 0.29) is 11.4 Å². The molecule has 0 aliphatic heterocycles. The molecule has 5 heteroatoms. The van der Waals surface area contributed by atoms with Crippen LogP contribution in [0.4, 0.5) is 10.1 Å². The summed E-state index contributed by atoms with van der Waals surface area (Å²) < 4.78 is 13.3. The van der Waals surface area contributed by atoms with Crippen LogP contribution < -0.4 is 5.32 Å². The molecule has 1 aromatic rings. The molecule has 1 aromatic carbocycles. The lowest BCUT2D eigenvalue weighted by molar-refractivity contribution is -0.133. The Morgan fingerprint density at radius 2 is 2.18 bits per heavy atom. The van der Waals surface area contributed by atoms with E-state index in [1.165, 1.54) is 19.1 Å². The number of nitrogens with one attached hydrogen (secondary N) is 1. The van der Waals surface area contributed by atoms with Crippen molar-refractivity contribution in [2.45, 2.75) is 32.3 Å². The molecule has 0 fully saturated rings. The lowest BCUT2D eigenvalue weighted by Gasteiger charge is -2.21. The summed E-state index contributed by atoms with van der Waals surface area (Å²) in [7, 11) is 0. The number of benzene rings is 1. The zero-order valence-corrected chi connectivity index (χ0v) is 9.83. The highest BCUT2D eigenvalue weighted by Crippen LogP contribution is 2.21. The van der Waals surface area contributed by atoms with Crippen molar-refractivity contribution in [1.29, 1.82) is 0 Å². The fraction of sp³-hybridized carbons (Fsp3) is 0.417. The minimum absolute atomic E-state index is 0.0656. The van der Waals surface area contributed by atoms with Crippen LogP contribution in [0.2, 0.25) is 0 Å². The normalized spacial score (nSPS) is 14.1. The summed E-state index contributed by atoms with van der Waals surface area (Å²) in [6.07, 6.45) is 0.928. The average molecular weight is 241 g/mol. The van der Waals surface area contributed by atoms with Crippen molar-refractivity contribution in [3.8, 4) is 5.75 Å². The molecule has 0 saturated carbocycles. The number of hydrogen-bond acceptors (Lipinski definition) is 3. The van der Waals surface area contributed by atoms with Crippen molar-refractivity contribution in [2.75, 3.05) is 5.32 Å². The van der Waals surface area contributed by atoms with E-state index in [2.05, 4.69) is 5.32 Å². The van der Waals surface area contributed by atoms with E-state index in [4.69, 9.17) is 5.11 Å². The number of aliphatic hydroxyl groups is 1. The van der Waals surface area contributed by atoms with Gasteiger partial charge in [-0.3, -0.25) is 4.79 Å². The number of carbonyl (C=O) groups excluding carboxylic acids is 1. The smallest absolute Gasteiger partial charge is 0.256 e. The van der Waals surface area contributed by atoms with Crippen molar-refractivity contribution >= 4 is 11.6 Å². The molecule has 0 aliphatic rings. The second-order valence-corrected chi connectivity index (χ2v) is 4.14. The van der Waals surface area contributed by atoms with Gasteiger partial charge in [-0.15, -0.1) is 0 Å². The number of phenolic OH excluding ortho intramolecular Hbond substituents is 1. The molecule has 0 bridgehead atoms. The SMILES string of the molecule is CCCC(C)(O)C(=O)Nc1ccc(O)cc1F. The molecule has 1 amide bonds. The van der Waals surface area contributed by atoms with E-state index in [9.17, 15) is 14.3 Å². The number of aromatic hydroxyl groups is 1. The maximum atomic E-state index is 13.3. The Hall–Kier alpha value is -1.62. The van der Waals surface area contributed by atoms with Crippen LogP contribution in [0.25, 0.3) is 0 Å². The van der Waals surface area contributed by atoms with Crippen molar-refractivity contribution < 1.29 is 19.4 Å². The van der Waals surface area contributed by atoms with Gasteiger partial charge in [0.1, 0.15) is 17.2 Å². The van der Waals surface area contributed by atoms with Crippen LogP contribution in [0.5, 0.6) is 5.75 Å². The summed E-state index contributed by atoms with van der Waals surface area (Å²) in [5.41, 5.74) is -1.59. The lowest BCUT2D eigenvalue weighted by atomic mass is 9.99. The Bertz CT molecular complexity index is 418. The zero-order chi connectivity index (χ0) is 13.1. The van der Waals surface area contributed by atoms with Gasteiger partial charge >= 0.3 is 0 Å². The first-order valence-corrected chi connectivity index (χ1v) is 5.39. The van der Waals surface area contributed by atoms with Gasteiger partial charge in [0.05, 0.1) is 5.69 Å². The Morgan fingerprint density at radius 1 is 1.53 bits per heavy atom. The van der Waals surface area contributed by atoms with E-state index < -0.39 is 17.3 Å². The molecule has 0 radical (unpaired) electrons. The molecule has 0 aromatic heterocycles. The average Bonchev–Trinajstić information content (AvgIpc) is 2.22. The van der Waals surface area contributed by atoms with Crippen molar-refractivity contribution in [3.63, 3.8) is 0 Å². The standard InChI is InChI=1S/C12H16FNO3/c1-3-6-12(2,17)11(16)14-10-5-4-8(15)7-9(10)13/h4-5,7,15,17H,3,6H2,1-2H3,(H,14,16). The number of carbonyl (C=O) groups is 1. The first-order chi connectivity index (χ1) is 7.86. The third-order valence-corrected chi connectivity index (χ3v) is 2.43. The van der Waals surface area contributed by atoms with Gasteiger partial charge in [0.25, 0.3) is 5.91 Å². The molecule has 1 unspecified atom stereocenters. The minimum atomic E-state index is -1.53. The summed E-state index contributed by atoms with van der Waals surface area (Å²) in [6, 6.07) is 3.39. The fourth-order valence-corrected chi connectivity index (χ4v) is 1.46. The first kappa shape index (κ1) is 13.4. The molecule has 0 spiro atoms. The zero-order valence-electron chi connectivity index (χ0n) is 9.83. The van der Waals surface area contributed by atoms with Crippen molar-refractivity contribution in [1.82, 2.24) is 0 Å². The third kappa shape index (κ3) is 3.42.